The Morgan fingerprint density at radius 1 is 1.11 bits per heavy atom. The van der Waals surface area contributed by atoms with Crippen molar-refractivity contribution in [1.82, 2.24) is 19.7 Å². The molecule has 44 heavy (non-hydrogen) atoms. The van der Waals surface area contributed by atoms with Gasteiger partial charge in [0.05, 0.1) is 0 Å². The first kappa shape index (κ1) is 31.2. The molecule has 240 valence electrons. The largest absolute Gasteiger partial charge is 0.490 e. The maximum Gasteiger partial charge on any atom is 0.303 e. The van der Waals surface area contributed by atoms with Crippen molar-refractivity contribution in [1.29, 1.82) is 0 Å². The molecule has 3 N–H and O–H groups in total. The predicted molar refractivity (Wildman–Crippen MR) is 162 cm³/mol. The molecule has 0 aromatic heterocycles. The maximum absolute atomic E-state index is 15.6. The van der Waals surface area contributed by atoms with E-state index in [-0.39, 0.29) is 48.0 Å². The highest BCUT2D eigenvalue weighted by molar-refractivity contribution is 7.87. The number of hydrogen-bond acceptors (Lipinski definition) is 6. The Labute approximate surface area is 258 Å². The lowest BCUT2D eigenvalue weighted by atomic mass is 9.66. The summed E-state index contributed by atoms with van der Waals surface area (Å²) in [6.07, 6.45) is 12.0. The first-order valence-electron chi connectivity index (χ1n) is 15.7. The Kier molecular flexibility index (Phi) is 8.38. The second kappa shape index (κ2) is 11.8. The molecule has 5 atom stereocenters. The van der Waals surface area contributed by atoms with E-state index in [0.717, 1.165) is 42.8 Å². The van der Waals surface area contributed by atoms with Gasteiger partial charge in [-0.3, -0.25) is 9.59 Å². The third kappa shape index (κ3) is 5.92. The fourth-order valence-electron chi connectivity index (χ4n) is 7.49. The van der Waals surface area contributed by atoms with E-state index in [9.17, 15) is 18.0 Å². The molecule has 12 heteroatoms. The number of ether oxygens (including phenoxy) is 1. The molecule has 6 rings (SSSR count). The first-order chi connectivity index (χ1) is 20.9. The van der Waals surface area contributed by atoms with Gasteiger partial charge in [0, 0.05) is 68.0 Å². The van der Waals surface area contributed by atoms with Crippen LogP contribution >= 0.6 is 0 Å². The zero-order valence-electron chi connectivity index (χ0n) is 25.3. The van der Waals surface area contributed by atoms with E-state index in [1.165, 1.54) is 26.2 Å². The minimum absolute atomic E-state index is 0.0231. The van der Waals surface area contributed by atoms with Gasteiger partial charge in [-0.25, -0.2) is 13.5 Å². The molecule has 0 radical (unpaired) electrons. The van der Waals surface area contributed by atoms with Gasteiger partial charge in [0.25, 0.3) is 11.8 Å². The number of nitrogens with one attached hydrogen (secondary N) is 3. The van der Waals surface area contributed by atoms with Gasteiger partial charge in [-0.2, -0.15) is 12.7 Å². The van der Waals surface area contributed by atoms with Crippen LogP contribution in [-0.4, -0.2) is 68.5 Å². The number of amides is 2. The third-order valence-electron chi connectivity index (χ3n) is 10.4. The number of carbonyl (C=O) groups is 2. The first-order valence-corrected chi connectivity index (χ1v) is 17.2. The van der Waals surface area contributed by atoms with Crippen LogP contribution in [0.5, 0.6) is 5.75 Å². The lowest BCUT2D eigenvalue weighted by molar-refractivity contribution is -0.133. The second-order valence-electron chi connectivity index (χ2n) is 13.5. The van der Waals surface area contributed by atoms with Crippen LogP contribution in [0.4, 0.5) is 8.78 Å². The van der Waals surface area contributed by atoms with Crippen LogP contribution in [0.25, 0.3) is 0 Å². The summed E-state index contributed by atoms with van der Waals surface area (Å²) in [5.74, 6) is -2.24. The topological polar surface area (TPSA) is 117 Å². The summed E-state index contributed by atoms with van der Waals surface area (Å²) >= 11 is 0. The summed E-state index contributed by atoms with van der Waals surface area (Å²) in [5, 5.41) is 6.14. The molecule has 4 fully saturated rings. The van der Waals surface area contributed by atoms with Crippen molar-refractivity contribution >= 4 is 22.0 Å². The van der Waals surface area contributed by atoms with Crippen LogP contribution in [0.15, 0.2) is 42.3 Å². The molecule has 1 spiro atoms. The molecule has 1 unspecified atom stereocenters. The van der Waals surface area contributed by atoms with Gasteiger partial charge in [0.15, 0.2) is 0 Å². The van der Waals surface area contributed by atoms with Crippen molar-refractivity contribution in [3.8, 4) is 5.75 Å². The van der Waals surface area contributed by atoms with Crippen molar-refractivity contribution in [3.05, 3.63) is 53.4 Å². The van der Waals surface area contributed by atoms with E-state index < -0.39 is 39.5 Å². The summed E-state index contributed by atoms with van der Waals surface area (Å²) in [5.41, 5.74) is -1.63. The Morgan fingerprint density at radius 3 is 2.52 bits per heavy atom. The number of hydrogen-bond donors (Lipinski definition) is 3. The van der Waals surface area contributed by atoms with Crippen molar-refractivity contribution < 1.29 is 31.5 Å². The SMILES string of the molecule is CN(C)S(=O)(=O)NC(=O)c1cccc(O[C@@H]2CC[C@@H](NC(=O)[C@@]3(F)CNC4(CCC4)C3)C2)c1[C@H]1C=CC=C(F)C1C1CCC1. The van der Waals surface area contributed by atoms with Gasteiger partial charge in [0.1, 0.15) is 17.7 Å². The Hall–Kier alpha value is -2.83. The summed E-state index contributed by atoms with van der Waals surface area (Å²) < 4.78 is 65.6. The molecule has 5 aliphatic rings. The molecule has 1 aliphatic heterocycles. The van der Waals surface area contributed by atoms with Crippen molar-refractivity contribution in [2.24, 2.45) is 11.8 Å². The number of allylic oxidation sites excluding steroid dienone is 4. The zero-order chi connectivity index (χ0) is 31.3. The molecule has 4 aliphatic carbocycles. The molecule has 1 heterocycles. The van der Waals surface area contributed by atoms with Crippen molar-refractivity contribution in [3.63, 3.8) is 0 Å². The highest BCUT2D eigenvalue weighted by Gasteiger charge is 2.55. The van der Waals surface area contributed by atoms with Crippen LogP contribution in [-0.2, 0) is 15.0 Å². The number of benzene rings is 1. The van der Waals surface area contributed by atoms with E-state index in [1.807, 2.05) is 6.08 Å². The van der Waals surface area contributed by atoms with Crippen LogP contribution < -0.4 is 20.1 Å². The fourth-order valence-corrected chi connectivity index (χ4v) is 8.02. The van der Waals surface area contributed by atoms with Crippen LogP contribution in [0.1, 0.15) is 86.0 Å². The minimum atomic E-state index is -4.08. The summed E-state index contributed by atoms with van der Waals surface area (Å²) in [6.45, 7) is 0.0231. The average Bonchev–Trinajstić information content (AvgIpc) is 3.53. The highest BCUT2D eigenvalue weighted by Crippen LogP contribution is 2.50. The van der Waals surface area contributed by atoms with Crippen molar-refractivity contribution in [2.45, 2.75) is 93.5 Å². The predicted octanol–water partition coefficient (Wildman–Crippen LogP) is 4.19. The Bertz CT molecular complexity index is 1470. The molecule has 2 amide bonds. The Morgan fingerprint density at radius 2 is 1.89 bits per heavy atom. The number of rotatable bonds is 9. The minimum Gasteiger partial charge on any atom is -0.490 e. The lowest BCUT2D eigenvalue weighted by Crippen LogP contribution is -2.49. The molecule has 9 nitrogen and oxygen atoms in total. The van der Waals surface area contributed by atoms with Crippen LogP contribution in [0.3, 0.4) is 0 Å². The highest BCUT2D eigenvalue weighted by atomic mass is 32.2. The van der Waals surface area contributed by atoms with Crippen molar-refractivity contribution in [2.75, 3.05) is 20.6 Å². The Balaban J connectivity index is 1.23. The van der Waals surface area contributed by atoms with Crippen LogP contribution in [0, 0.1) is 11.8 Å². The van der Waals surface area contributed by atoms with Gasteiger partial charge in [0.2, 0.25) is 5.67 Å². The molecule has 1 aromatic carbocycles. The smallest absolute Gasteiger partial charge is 0.303 e. The standard InChI is InChI=1S/C32H42F2N4O5S/c1-38(2)44(41,42)37-29(39)24-10-5-12-26(28(24)23-9-4-11-25(33)27(23)20-7-3-8-20)43-22-14-13-21(17-22)36-30(40)32(34)18-31(35-19-32)15-6-16-31/h4-5,9-12,20-23,27,35H,3,6-8,13-19H2,1-2H3,(H,36,40)(H,37,39)/t21-,22-,23+,27?,32+/m1/s1. The van der Waals surface area contributed by atoms with Gasteiger partial charge in [-0.05, 0) is 69.1 Å². The number of halogens is 2. The second-order valence-corrected chi connectivity index (χ2v) is 15.4. The summed E-state index contributed by atoms with van der Waals surface area (Å²) in [4.78, 5) is 26.5. The van der Waals surface area contributed by atoms with E-state index in [1.54, 1.807) is 18.2 Å². The van der Waals surface area contributed by atoms with E-state index in [0.29, 0.717) is 30.6 Å². The molecule has 3 saturated carbocycles. The normalized spacial score (nSPS) is 31.3. The third-order valence-corrected chi connectivity index (χ3v) is 11.8. The molecular weight excluding hydrogens is 590 g/mol. The maximum atomic E-state index is 15.6. The van der Waals surface area contributed by atoms with E-state index >= 15 is 8.78 Å². The number of nitrogens with zero attached hydrogens (tertiary/aromatic N) is 1. The summed E-state index contributed by atoms with van der Waals surface area (Å²) in [6, 6.07) is 4.61. The van der Waals surface area contributed by atoms with Gasteiger partial charge in [-0.1, -0.05) is 24.6 Å². The lowest BCUT2D eigenvalue weighted by Gasteiger charge is -2.39. The quantitative estimate of drug-likeness (QED) is 0.376. The molecule has 1 saturated heterocycles. The fraction of sp³-hybridized carbons (Fsp3) is 0.625. The zero-order valence-corrected chi connectivity index (χ0v) is 26.1. The van der Waals surface area contributed by atoms with Crippen LogP contribution in [0.2, 0.25) is 0 Å². The van der Waals surface area contributed by atoms with Gasteiger partial charge < -0.3 is 15.4 Å². The van der Waals surface area contributed by atoms with Gasteiger partial charge >= 0.3 is 10.2 Å². The van der Waals surface area contributed by atoms with E-state index in [4.69, 9.17) is 4.74 Å². The van der Waals surface area contributed by atoms with E-state index in [2.05, 4.69) is 15.4 Å². The number of carbonyl (C=O) groups excluding carboxylic acids is 2. The molecule has 0 bridgehead atoms. The monoisotopic (exact) mass is 632 g/mol. The average molecular weight is 633 g/mol. The number of alkyl halides is 1. The van der Waals surface area contributed by atoms with Gasteiger partial charge in [-0.15, -0.1) is 0 Å². The molecule has 1 aromatic rings. The summed E-state index contributed by atoms with van der Waals surface area (Å²) in [7, 11) is -1.44. The molecular formula is C32H42F2N4O5S.